The lowest BCUT2D eigenvalue weighted by atomic mass is 9.85. The summed E-state index contributed by atoms with van der Waals surface area (Å²) in [5.74, 6) is 2.98. The number of aliphatic imine (C=N–C) groups is 1. The number of carbonyl (C=O) groups is 1. The number of nitrogens with zero attached hydrogens (tertiary/aromatic N) is 4. The lowest BCUT2D eigenvalue weighted by Crippen LogP contribution is -2.45. The predicted molar refractivity (Wildman–Crippen MR) is 90.7 cm³/mol. The normalized spacial score (nSPS) is 32.9. The number of aryl methyl sites for hydroxylation is 2. The number of likely N-dealkylation sites (N-methyl/N-ethyl adjacent to an activating group) is 1. The van der Waals surface area contributed by atoms with E-state index in [1.54, 1.807) is 4.90 Å². The molecule has 6 heteroatoms. The molecule has 6 nitrogen and oxygen atoms in total. The Hall–Kier alpha value is -1.69. The molecule has 24 heavy (non-hydrogen) atoms. The zero-order chi connectivity index (χ0) is 17.1. The first-order valence-electron chi connectivity index (χ1n) is 8.97. The highest BCUT2D eigenvalue weighted by Gasteiger charge is 2.60. The molecule has 0 N–H and O–H groups in total. The topological polar surface area (TPSA) is 61.9 Å². The van der Waals surface area contributed by atoms with Crippen molar-refractivity contribution in [3.63, 3.8) is 0 Å². The van der Waals surface area contributed by atoms with Gasteiger partial charge in [-0.3, -0.25) is 14.7 Å². The minimum Gasteiger partial charge on any atom is -0.361 e. The van der Waals surface area contributed by atoms with E-state index in [1.807, 2.05) is 20.9 Å². The lowest BCUT2D eigenvalue weighted by molar-refractivity contribution is -0.131. The number of hydrogen-bond acceptors (Lipinski definition) is 5. The van der Waals surface area contributed by atoms with Crippen molar-refractivity contribution in [2.45, 2.75) is 52.1 Å². The number of amides is 1. The van der Waals surface area contributed by atoms with Gasteiger partial charge in [0.25, 0.3) is 5.91 Å². The van der Waals surface area contributed by atoms with E-state index in [9.17, 15) is 4.79 Å². The Morgan fingerprint density at radius 3 is 2.75 bits per heavy atom. The highest BCUT2D eigenvalue weighted by molar-refractivity contribution is 6.08. The third kappa shape index (κ3) is 2.08. The average Bonchev–Trinajstić information content (AvgIpc) is 3.26. The summed E-state index contributed by atoms with van der Waals surface area (Å²) in [6.07, 6.45) is 2.83. The Labute approximate surface area is 142 Å². The van der Waals surface area contributed by atoms with Crippen LogP contribution in [0.2, 0.25) is 0 Å². The van der Waals surface area contributed by atoms with Crippen LogP contribution in [0.15, 0.2) is 9.52 Å². The molecular formula is C18H26N4O2. The molecule has 3 heterocycles. The number of aromatic nitrogens is 1. The zero-order valence-corrected chi connectivity index (χ0v) is 15.0. The van der Waals surface area contributed by atoms with E-state index in [4.69, 9.17) is 9.52 Å². The summed E-state index contributed by atoms with van der Waals surface area (Å²) in [6, 6.07) is 0. The predicted octanol–water partition coefficient (Wildman–Crippen LogP) is 2.15. The number of carbonyl (C=O) groups excluding carboxylic acids is 1. The number of amidine groups is 1. The summed E-state index contributed by atoms with van der Waals surface area (Å²) in [6.45, 7) is 8.89. The molecule has 0 aromatic carbocycles. The van der Waals surface area contributed by atoms with Crippen LogP contribution in [0.1, 0.15) is 43.2 Å². The van der Waals surface area contributed by atoms with Crippen molar-refractivity contribution in [3.8, 4) is 0 Å². The molecule has 1 saturated carbocycles. The molecule has 1 aliphatic carbocycles. The first-order valence-corrected chi connectivity index (χ1v) is 8.97. The van der Waals surface area contributed by atoms with E-state index in [0.29, 0.717) is 11.8 Å². The van der Waals surface area contributed by atoms with Gasteiger partial charge in [0.15, 0.2) is 0 Å². The average molecular weight is 330 g/mol. The quantitative estimate of drug-likeness (QED) is 0.852. The van der Waals surface area contributed by atoms with Gasteiger partial charge in [0.2, 0.25) is 0 Å². The molecule has 0 bridgehead atoms. The fraction of sp³-hybridized carbons (Fsp3) is 0.722. The summed E-state index contributed by atoms with van der Waals surface area (Å²) in [7, 11) is 1.88. The van der Waals surface area contributed by atoms with Crippen molar-refractivity contribution in [2.24, 2.45) is 16.8 Å². The van der Waals surface area contributed by atoms with Gasteiger partial charge in [-0.2, -0.15) is 0 Å². The van der Waals surface area contributed by atoms with Crippen LogP contribution in [0, 0.1) is 25.7 Å². The monoisotopic (exact) mass is 330 g/mol. The molecule has 3 atom stereocenters. The van der Waals surface area contributed by atoms with E-state index in [1.165, 1.54) is 5.56 Å². The van der Waals surface area contributed by atoms with E-state index < -0.39 is 5.54 Å². The number of likely N-dealkylation sites (tertiary alicyclic amines) is 1. The molecular weight excluding hydrogens is 304 g/mol. The molecule has 2 fully saturated rings. The Kier molecular flexibility index (Phi) is 3.56. The van der Waals surface area contributed by atoms with Gasteiger partial charge >= 0.3 is 0 Å². The minimum atomic E-state index is -0.488. The highest BCUT2D eigenvalue weighted by Crippen LogP contribution is 2.50. The highest BCUT2D eigenvalue weighted by atomic mass is 16.5. The van der Waals surface area contributed by atoms with E-state index in [0.717, 1.165) is 56.2 Å². The number of fused-ring (bicyclic) bond motifs is 2. The Balaban J connectivity index is 1.56. The second-order valence-corrected chi connectivity index (χ2v) is 7.57. The molecule has 1 spiro atoms. The van der Waals surface area contributed by atoms with Gasteiger partial charge in [0.1, 0.15) is 17.1 Å². The summed E-state index contributed by atoms with van der Waals surface area (Å²) in [5.41, 5.74) is 1.68. The van der Waals surface area contributed by atoms with Gasteiger partial charge in [-0.05, 0) is 32.6 Å². The molecule has 0 unspecified atom stereocenters. The van der Waals surface area contributed by atoms with Crippen LogP contribution in [0.3, 0.4) is 0 Å². The smallest absolute Gasteiger partial charge is 0.255 e. The minimum absolute atomic E-state index is 0.214. The van der Waals surface area contributed by atoms with Gasteiger partial charge in [0.05, 0.1) is 5.69 Å². The van der Waals surface area contributed by atoms with Crippen LogP contribution in [-0.4, -0.2) is 52.4 Å². The van der Waals surface area contributed by atoms with Gasteiger partial charge in [-0.25, -0.2) is 0 Å². The molecule has 4 rings (SSSR count). The van der Waals surface area contributed by atoms with E-state index >= 15 is 0 Å². The molecule has 2 aliphatic heterocycles. The van der Waals surface area contributed by atoms with Crippen LogP contribution in [0.25, 0.3) is 0 Å². The van der Waals surface area contributed by atoms with Gasteiger partial charge in [-0.15, -0.1) is 0 Å². The molecule has 1 amide bonds. The third-order valence-electron chi connectivity index (χ3n) is 6.30. The first kappa shape index (κ1) is 15.8. The summed E-state index contributed by atoms with van der Waals surface area (Å²) >= 11 is 0. The van der Waals surface area contributed by atoms with Crippen LogP contribution >= 0.6 is 0 Å². The maximum Gasteiger partial charge on any atom is 0.255 e. The van der Waals surface area contributed by atoms with Gasteiger partial charge in [-0.1, -0.05) is 12.1 Å². The van der Waals surface area contributed by atoms with E-state index in [2.05, 4.69) is 17.0 Å². The second-order valence-electron chi connectivity index (χ2n) is 7.57. The molecule has 3 aliphatic rings. The fourth-order valence-corrected chi connectivity index (χ4v) is 4.95. The summed E-state index contributed by atoms with van der Waals surface area (Å²) in [4.78, 5) is 22.1. The second kappa shape index (κ2) is 5.41. The Bertz CT molecular complexity index is 690. The largest absolute Gasteiger partial charge is 0.361 e. The van der Waals surface area contributed by atoms with E-state index in [-0.39, 0.29) is 5.91 Å². The maximum absolute atomic E-state index is 12.9. The van der Waals surface area contributed by atoms with Crippen molar-refractivity contribution in [3.05, 3.63) is 17.0 Å². The van der Waals surface area contributed by atoms with Gasteiger partial charge in [0, 0.05) is 44.6 Å². The molecule has 130 valence electrons. The molecule has 1 saturated heterocycles. The molecule has 1 aromatic rings. The third-order valence-corrected chi connectivity index (χ3v) is 6.30. The molecule has 1 aromatic heterocycles. The Morgan fingerprint density at radius 1 is 1.33 bits per heavy atom. The van der Waals surface area contributed by atoms with Crippen molar-refractivity contribution in [1.29, 1.82) is 0 Å². The van der Waals surface area contributed by atoms with Crippen molar-refractivity contribution in [1.82, 2.24) is 15.0 Å². The van der Waals surface area contributed by atoms with Crippen LogP contribution in [0.4, 0.5) is 0 Å². The lowest BCUT2D eigenvalue weighted by Gasteiger charge is -2.27. The maximum atomic E-state index is 12.9. The summed E-state index contributed by atoms with van der Waals surface area (Å²) in [5, 5.41) is 4.06. The van der Waals surface area contributed by atoms with Crippen molar-refractivity contribution < 1.29 is 9.32 Å². The zero-order valence-electron chi connectivity index (χ0n) is 15.0. The molecule has 0 radical (unpaired) electrons. The van der Waals surface area contributed by atoms with Crippen LogP contribution in [-0.2, 0) is 11.3 Å². The van der Waals surface area contributed by atoms with Crippen LogP contribution in [0.5, 0.6) is 0 Å². The fourth-order valence-electron chi connectivity index (χ4n) is 4.95. The van der Waals surface area contributed by atoms with Crippen LogP contribution < -0.4 is 0 Å². The summed E-state index contributed by atoms with van der Waals surface area (Å²) < 4.78 is 5.29. The Morgan fingerprint density at radius 2 is 2.12 bits per heavy atom. The SMILES string of the molecule is CCC1=N[C@]2(CC[C@H]3CN(Cc4c(C)noc4C)C[C@H]32)C(=O)N1C. The number of rotatable bonds is 3. The first-order chi connectivity index (χ1) is 11.5. The van der Waals surface area contributed by atoms with Gasteiger partial charge < -0.3 is 9.42 Å². The van der Waals surface area contributed by atoms with Crippen molar-refractivity contribution in [2.75, 3.05) is 20.1 Å². The standard InChI is InChI=1S/C18H26N4O2/c1-5-16-19-18(17(23)21(16)4)7-6-13-8-22(10-15(13)18)9-14-11(2)20-24-12(14)3/h13,15H,5-10H2,1-4H3/t13-,15+,18-/m0/s1. The van der Waals surface area contributed by atoms with Crippen molar-refractivity contribution >= 4 is 11.7 Å². The number of hydrogen-bond donors (Lipinski definition) is 0.